The van der Waals surface area contributed by atoms with E-state index in [0.717, 1.165) is 57.9 Å². The van der Waals surface area contributed by atoms with E-state index in [0.29, 0.717) is 11.5 Å². The van der Waals surface area contributed by atoms with Crippen LogP contribution in [0.2, 0.25) is 0 Å². The van der Waals surface area contributed by atoms with Crippen molar-refractivity contribution in [2.45, 2.75) is 65.0 Å². The van der Waals surface area contributed by atoms with Crippen molar-refractivity contribution in [2.24, 2.45) is 11.3 Å². The van der Waals surface area contributed by atoms with Gasteiger partial charge in [-0.15, -0.1) is 0 Å². The zero-order valence-electron chi connectivity index (χ0n) is 18.0. The number of urea groups is 1. The molecule has 3 fully saturated rings. The molecule has 1 spiro atoms. The fourth-order valence-electron chi connectivity index (χ4n) is 4.83. The van der Waals surface area contributed by atoms with Gasteiger partial charge in [0.1, 0.15) is 0 Å². The molecule has 1 aromatic rings. The molecule has 1 aliphatic carbocycles. The molecule has 0 aromatic heterocycles. The highest BCUT2D eigenvalue weighted by Crippen LogP contribution is 2.50. The molecular formula is C24H37N3O. The summed E-state index contributed by atoms with van der Waals surface area (Å²) in [6, 6.07) is 9.69. The van der Waals surface area contributed by atoms with Crippen molar-refractivity contribution in [3.63, 3.8) is 0 Å². The molecule has 1 saturated carbocycles. The van der Waals surface area contributed by atoms with E-state index in [-0.39, 0.29) is 6.03 Å². The molecule has 4 nitrogen and oxygen atoms in total. The minimum absolute atomic E-state index is 0.274. The third kappa shape index (κ3) is 4.53. The quantitative estimate of drug-likeness (QED) is 0.728. The summed E-state index contributed by atoms with van der Waals surface area (Å²) < 4.78 is 0. The number of carbonyl (C=O) groups is 1. The minimum atomic E-state index is 0.274. The fourth-order valence-corrected chi connectivity index (χ4v) is 4.83. The predicted molar refractivity (Wildman–Crippen MR) is 114 cm³/mol. The molecule has 0 atom stereocenters. The number of piperidine rings is 1. The van der Waals surface area contributed by atoms with Crippen LogP contribution in [-0.4, -0.2) is 60.0 Å². The van der Waals surface area contributed by atoms with Crippen molar-refractivity contribution in [1.82, 2.24) is 14.7 Å². The summed E-state index contributed by atoms with van der Waals surface area (Å²) in [6.45, 7) is 9.47. The van der Waals surface area contributed by atoms with Crippen molar-refractivity contribution >= 4 is 6.03 Å². The van der Waals surface area contributed by atoms with Gasteiger partial charge in [0.05, 0.1) is 0 Å². The first-order valence-corrected chi connectivity index (χ1v) is 11.3. The highest BCUT2D eigenvalue weighted by atomic mass is 16.2. The number of hydrogen-bond acceptors (Lipinski definition) is 2. The molecule has 3 aliphatic rings. The van der Waals surface area contributed by atoms with E-state index < -0.39 is 0 Å². The second kappa shape index (κ2) is 8.06. The molecule has 0 N–H and O–H groups in total. The molecule has 4 heteroatoms. The second-order valence-corrected chi connectivity index (χ2v) is 10.1. The van der Waals surface area contributed by atoms with Crippen LogP contribution in [0.3, 0.4) is 0 Å². The van der Waals surface area contributed by atoms with Crippen molar-refractivity contribution in [1.29, 1.82) is 0 Å². The van der Waals surface area contributed by atoms with Gasteiger partial charge in [-0.1, -0.05) is 38.1 Å². The van der Waals surface area contributed by atoms with E-state index in [2.05, 4.69) is 59.9 Å². The summed E-state index contributed by atoms with van der Waals surface area (Å²) in [5, 5.41) is 0. The second-order valence-electron chi connectivity index (χ2n) is 10.1. The summed E-state index contributed by atoms with van der Waals surface area (Å²) in [6.07, 6.45) is 7.20. The van der Waals surface area contributed by atoms with Gasteiger partial charge in [-0.05, 0) is 75.7 Å². The number of amides is 2. The van der Waals surface area contributed by atoms with E-state index >= 15 is 0 Å². The SMILES string of the molecule is CC(C)CCc1ccc(CN2CC3(CC3)CN(C3CCN(C)CC3)C2=O)cc1. The van der Waals surface area contributed by atoms with Crippen molar-refractivity contribution in [3.05, 3.63) is 35.4 Å². The molecule has 28 heavy (non-hydrogen) atoms. The molecule has 2 aliphatic heterocycles. The lowest BCUT2D eigenvalue weighted by molar-refractivity contribution is 0.0521. The van der Waals surface area contributed by atoms with Crippen LogP contribution in [0.15, 0.2) is 24.3 Å². The molecule has 2 saturated heterocycles. The standard InChI is InChI=1S/C24H37N3O/c1-19(2)4-5-20-6-8-21(9-7-20)16-26-17-24(12-13-24)18-27(23(26)28)22-10-14-25(3)15-11-22/h6-9,19,22H,4-5,10-18H2,1-3H3. The number of nitrogens with zero attached hydrogens (tertiary/aromatic N) is 3. The number of benzene rings is 1. The Kier molecular flexibility index (Phi) is 5.69. The molecule has 154 valence electrons. The summed E-state index contributed by atoms with van der Waals surface area (Å²) in [5.74, 6) is 0.742. The van der Waals surface area contributed by atoms with Crippen LogP contribution in [0, 0.1) is 11.3 Å². The van der Waals surface area contributed by atoms with Gasteiger partial charge in [0, 0.05) is 31.1 Å². The molecule has 0 unspecified atom stereocenters. The van der Waals surface area contributed by atoms with Crippen LogP contribution in [-0.2, 0) is 13.0 Å². The number of likely N-dealkylation sites (tertiary alicyclic amines) is 1. The smallest absolute Gasteiger partial charge is 0.320 e. The Balaban J connectivity index is 1.41. The predicted octanol–water partition coefficient (Wildman–Crippen LogP) is 4.39. The Bertz CT molecular complexity index is 672. The zero-order valence-corrected chi connectivity index (χ0v) is 18.0. The van der Waals surface area contributed by atoms with Gasteiger partial charge in [-0.2, -0.15) is 0 Å². The maximum Gasteiger partial charge on any atom is 0.320 e. The number of carbonyl (C=O) groups excluding carboxylic acids is 1. The van der Waals surface area contributed by atoms with Crippen LogP contribution in [0.4, 0.5) is 4.79 Å². The van der Waals surface area contributed by atoms with Crippen molar-refractivity contribution in [2.75, 3.05) is 33.2 Å². The van der Waals surface area contributed by atoms with E-state index in [9.17, 15) is 4.79 Å². The third-order valence-corrected chi connectivity index (χ3v) is 7.04. The van der Waals surface area contributed by atoms with E-state index in [1.54, 1.807) is 0 Å². The fraction of sp³-hybridized carbons (Fsp3) is 0.708. The average molecular weight is 384 g/mol. The molecule has 2 heterocycles. The monoisotopic (exact) mass is 383 g/mol. The highest BCUT2D eigenvalue weighted by Gasteiger charge is 2.52. The lowest BCUT2D eigenvalue weighted by atomic mass is 9.97. The van der Waals surface area contributed by atoms with Gasteiger partial charge in [0.15, 0.2) is 0 Å². The summed E-state index contributed by atoms with van der Waals surface area (Å²) in [7, 11) is 2.19. The van der Waals surface area contributed by atoms with Crippen LogP contribution < -0.4 is 0 Å². The molecule has 0 bridgehead atoms. The molecule has 4 rings (SSSR count). The lowest BCUT2D eigenvalue weighted by Gasteiger charge is -2.46. The first kappa shape index (κ1) is 19.8. The van der Waals surface area contributed by atoms with Gasteiger partial charge in [0.25, 0.3) is 0 Å². The zero-order chi connectivity index (χ0) is 19.7. The van der Waals surface area contributed by atoms with E-state index in [1.807, 2.05) is 0 Å². The van der Waals surface area contributed by atoms with Crippen LogP contribution in [0.25, 0.3) is 0 Å². The topological polar surface area (TPSA) is 26.8 Å². The first-order valence-electron chi connectivity index (χ1n) is 11.3. The molecule has 0 radical (unpaired) electrons. The summed E-state index contributed by atoms with van der Waals surface area (Å²) >= 11 is 0. The minimum Gasteiger partial charge on any atom is -0.321 e. The Morgan fingerprint density at radius 3 is 2.29 bits per heavy atom. The van der Waals surface area contributed by atoms with E-state index in [1.165, 1.54) is 30.4 Å². The van der Waals surface area contributed by atoms with Crippen molar-refractivity contribution < 1.29 is 4.79 Å². The van der Waals surface area contributed by atoms with Gasteiger partial charge < -0.3 is 14.7 Å². The lowest BCUT2D eigenvalue weighted by Crippen LogP contribution is -2.58. The maximum absolute atomic E-state index is 13.3. The number of hydrogen-bond donors (Lipinski definition) is 0. The summed E-state index contributed by atoms with van der Waals surface area (Å²) in [4.78, 5) is 20.1. The van der Waals surface area contributed by atoms with Crippen LogP contribution in [0.5, 0.6) is 0 Å². The Labute approximate surface area is 170 Å². The van der Waals surface area contributed by atoms with Gasteiger partial charge in [-0.3, -0.25) is 0 Å². The van der Waals surface area contributed by atoms with Gasteiger partial charge >= 0.3 is 6.03 Å². The van der Waals surface area contributed by atoms with E-state index in [4.69, 9.17) is 0 Å². The normalized spacial score (nSPS) is 23.1. The maximum atomic E-state index is 13.3. The Hall–Kier alpha value is -1.55. The first-order chi connectivity index (χ1) is 13.4. The molecule has 1 aromatic carbocycles. The molecular weight excluding hydrogens is 346 g/mol. The highest BCUT2D eigenvalue weighted by molar-refractivity contribution is 5.76. The molecule has 2 amide bonds. The summed E-state index contributed by atoms with van der Waals surface area (Å²) in [5.41, 5.74) is 3.06. The van der Waals surface area contributed by atoms with Gasteiger partial charge in [0.2, 0.25) is 0 Å². The van der Waals surface area contributed by atoms with Crippen molar-refractivity contribution in [3.8, 4) is 0 Å². The number of rotatable bonds is 6. The Morgan fingerprint density at radius 1 is 1.04 bits per heavy atom. The van der Waals surface area contributed by atoms with Crippen LogP contribution in [0.1, 0.15) is 57.1 Å². The average Bonchev–Trinajstić information content (AvgIpc) is 3.43. The van der Waals surface area contributed by atoms with Crippen LogP contribution >= 0.6 is 0 Å². The van der Waals surface area contributed by atoms with Gasteiger partial charge in [-0.25, -0.2) is 4.79 Å². The largest absolute Gasteiger partial charge is 0.321 e. The third-order valence-electron chi connectivity index (χ3n) is 7.04. The Morgan fingerprint density at radius 2 is 1.68 bits per heavy atom. The number of aryl methyl sites for hydroxylation is 1.